The molecule has 1 aliphatic carbocycles. The molecule has 3 heterocycles. The quantitative estimate of drug-likeness (QED) is 0.284. The highest BCUT2D eigenvalue weighted by Crippen LogP contribution is 2.36. The Balaban J connectivity index is 1.29. The summed E-state index contributed by atoms with van der Waals surface area (Å²) in [7, 11) is 1.57. The van der Waals surface area contributed by atoms with Crippen LogP contribution < -0.4 is 10.1 Å². The van der Waals surface area contributed by atoms with E-state index < -0.39 is 0 Å². The maximum Gasteiger partial charge on any atom is 0.256 e. The number of anilines is 1. The molecule has 0 saturated heterocycles. The van der Waals surface area contributed by atoms with Gasteiger partial charge >= 0.3 is 0 Å². The summed E-state index contributed by atoms with van der Waals surface area (Å²) in [5.41, 5.74) is 4.03. The van der Waals surface area contributed by atoms with Crippen molar-refractivity contribution in [1.29, 1.82) is 0 Å². The third kappa shape index (κ3) is 4.29. The molecule has 3 N–H and O–H groups in total. The van der Waals surface area contributed by atoms with E-state index in [-0.39, 0.29) is 11.7 Å². The number of H-pyrrole nitrogens is 1. The molecular formula is C28H26N6O3. The number of carbonyl (C=O) groups is 1. The van der Waals surface area contributed by atoms with Crippen LogP contribution in [-0.4, -0.2) is 42.9 Å². The molecule has 6 rings (SSSR count). The predicted octanol–water partition coefficient (Wildman–Crippen LogP) is 5.57. The van der Waals surface area contributed by atoms with Gasteiger partial charge in [-0.1, -0.05) is 18.9 Å². The lowest BCUT2D eigenvalue weighted by Crippen LogP contribution is -2.17. The number of imidazole rings is 1. The molecule has 1 amide bonds. The van der Waals surface area contributed by atoms with E-state index in [0.717, 1.165) is 29.5 Å². The summed E-state index contributed by atoms with van der Waals surface area (Å²) in [6, 6.07) is 16.5. The van der Waals surface area contributed by atoms with Crippen LogP contribution in [0, 0.1) is 0 Å². The second kappa shape index (κ2) is 9.42. The fourth-order valence-corrected chi connectivity index (χ4v) is 4.98. The van der Waals surface area contributed by atoms with Gasteiger partial charge in [0.15, 0.2) is 0 Å². The van der Waals surface area contributed by atoms with E-state index in [1.165, 1.54) is 12.8 Å². The van der Waals surface area contributed by atoms with Crippen LogP contribution in [0.2, 0.25) is 0 Å². The predicted molar refractivity (Wildman–Crippen MR) is 141 cm³/mol. The Kier molecular flexibility index (Phi) is 5.80. The van der Waals surface area contributed by atoms with Crippen LogP contribution in [0.25, 0.3) is 33.5 Å². The van der Waals surface area contributed by atoms with Gasteiger partial charge in [0.1, 0.15) is 17.4 Å². The van der Waals surface area contributed by atoms with Crippen molar-refractivity contribution in [2.24, 2.45) is 0 Å². The van der Waals surface area contributed by atoms with E-state index in [4.69, 9.17) is 4.74 Å². The average molecular weight is 495 g/mol. The first-order chi connectivity index (χ1) is 18.1. The molecule has 9 nitrogen and oxygen atoms in total. The van der Waals surface area contributed by atoms with Gasteiger partial charge in [-0.25, -0.2) is 14.6 Å². The zero-order valence-corrected chi connectivity index (χ0v) is 20.3. The topological polar surface area (TPSA) is 118 Å². The van der Waals surface area contributed by atoms with E-state index in [2.05, 4.69) is 25.4 Å². The lowest BCUT2D eigenvalue weighted by Gasteiger charge is -2.14. The second-order valence-corrected chi connectivity index (χ2v) is 9.16. The SMILES string of the molecule is COc1ncccc1-c1ccc(O)c(-c2nc3cc(C(=O)Nc4ccnn4C4CCCC4)ccc3[nH]2)c1. The number of pyridine rings is 1. The minimum atomic E-state index is -0.222. The van der Waals surface area contributed by atoms with E-state index in [0.29, 0.717) is 40.2 Å². The first kappa shape index (κ1) is 22.8. The fraction of sp³-hybridized carbons (Fsp3) is 0.214. The van der Waals surface area contributed by atoms with Gasteiger partial charge < -0.3 is 20.1 Å². The third-order valence-electron chi connectivity index (χ3n) is 6.85. The van der Waals surface area contributed by atoms with Gasteiger partial charge in [-0.05, 0) is 60.9 Å². The van der Waals surface area contributed by atoms with Gasteiger partial charge in [-0.2, -0.15) is 5.10 Å². The second-order valence-electron chi connectivity index (χ2n) is 9.16. The summed E-state index contributed by atoms with van der Waals surface area (Å²) < 4.78 is 7.31. The molecule has 1 aliphatic rings. The number of phenolic OH excluding ortho intramolecular Hbond substituents is 1. The Bertz CT molecular complexity index is 1600. The van der Waals surface area contributed by atoms with Gasteiger partial charge in [-0.3, -0.25) is 4.79 Å². The van der Waals surface area contributed by atoms with Crippen LogP contribution in [0.5, 0.6) is 11.6 Å². The van der Waals surface area contributed by atoms with Crippen LogP contribution in [0.4, 0.5) is 5.82 Å². The fourth-order valence-electron chi connectivity index (χ4n) is 4.98. The van der Waals surface area contributed by atoms with Crippen LogP contribution in [0.3, 0.4) is 0 Å². The molecule has 2 aromatic carbocycles. The molecule has 0 bridgehead atoms. The highest BCUT2D eigenvalue weighted by Gasteiger charge is 2.21. The summed E-state index contributed by atoms with van der Waals surface area (Å²) in [4.78, 5) is 25.3. The number of amides is 1. The number of aromatic hydroxyl groups is 1. The molecule has 0 radical (unpaired) electrons. The lowest BCUT2D eigenvalue weighted by atomic mass is 10.0. The number of ether oxygens (including phenoxy) is 1. The number of rotatable bonds is 6. The van der Waals surface area contributed by atoms with E-state index >= 15 is 0 Å². The van der Waals surface area contributed by atoms with Crippen LogP contribution >= 0.6 is 0 Å². The Morgan fingerprint density at radius 2 is 1.95 bits per heavy atom. The van der Waals surface area contributed by atoms with Gasteiger partial charge in [-0.15, -0.1) is 0 Å². The number of nitrogens with one attached hydrogen (secondary N) is 2. The number of hydrogen-bond acceptors (Lipinski definition) is 6. The number of aromatic nitrogens is 5. The first-order valence-electron chi connectivity index (χ1n) is 12.3. The molecule has 186 valence electrons. The summed E-state index contributed by atoms with van der Waals surface area (Å²) >= 11 is 0. The maximum atomic E-state index is 13.1. The first-order valence-corrected chi connectivity index (χ1v) is 12.3. The van der Waals surface area contributed by atoms with E-state index in [1.807, 2.05) is 35.0 Å². The standard InChI is InChI=1S/C28H26N6O3/c1-37-28-20(7-4-13-29-28)17-9-11-24(35)21(15-17)26-31-22-10-8-18(16-23(22)32-26)27(36)33-25-12-14-30-34(25)19-5-2-3-6-19/h4,7-16,19,35H,2-3,5-6H2,1H3,(H,31,32)(H,33,36). The van der Waals surface area contributed by atoms with Crippen molar-refractivity contribution < 1.29 is 14.6 Å². The van der Waals surface area contributed by atoms with Crippen molar-refractivity contribution in [3.63, 3.8) is 0 Å². The largest absolute Gasteiger partial charge is 0.507 e. The molecule has 37 heavy (non-hydrogen) atoms. The zero-order chi connectivity index (χ0) is 25.4. The Morgan fingerprint density at radius 1 is 1.08 bits per heavy atom. The molecule has 0 aliphatic heterocycles. The van der Waals surface area contributed by atoms with E-state index in [1.54, 1.807) is 43.8 Å². The lowest BCUT2D eigenvalue weighted by molar-refractivity contribution is 0.102. The van der Waals surface area contributed by atoms with Crippen molar-refractivity contribution in [1.82, 2.24) is 24.7 Å². The van der Waals surface area contributed by atoms with Crippen LogP contribution in [0.1, 0.15) is 42.1 Å². The number of phenols is 1. The van der Waals surface area contributed by atoms with Gasteiger partial charge in [0.2, 0.25) is 5.88 Å². The molecule has 0 unspecified atom stereocenters. The number of fused-ring (bicyclic) bond motifs is 1. The van der Waals surface area contributed by atoms with Crippen molar-refractivity contribution in [2.75, 3.05) is 12.4 Å². The van der Waals surface area contributed by atoms with Crippen molar-refractivity contribution in [2.45, 2.75) is 31.7 Å². The summed E-state index contributed by atoms with van der Waals surface area (Å²) in [5.74, 6) is 1.55. The Hall–Kier alpha value is -4.66. The Labute approximate surface area is 213 Å². The smallest absolute Gasteiger partial charge is 0.256 e. The molecule has 9 heteroatoms. The van der Waals surface area contributed by atoms with Gasteiger partial charge in [0, 0.05) is 23.4 Å². The Morgan fingerprint density at radius 3 is 2.78 bits per heavy atom. The van der Waals surface area contributed by atoms with Crippen molar-refractivity contribution in [3.8, 4) is 34.1 Å². The molecular weight excluding hydrogens is 468 g/mol. The minimum absolute atomic E-state index is 0.0869. The molecule has 0 spiro atoms. The summed E-state index contributed by atoms with van der Waals surface area (Å²) in [6.07, 6.45) is 7.91. The number of hydrogen-bond donors (Lipinski definition) is 3. The van der Waals surface area contributed by atoms with Gasteiger partial charge in [0.25, 0.3) is 5.91 Å². The summed E-state index contributed by atoms with van der Waals surface area (Å²) in [5, 5.41) is 18.0. The number of aromatic amines is 1. The molecule has 1 saturated carbocycles. The van der Waals surface area contributed by atoms with Crippen molar-refractivity contribution in [3.05, 3.63) is 72.6 Å². The maximum absolute atomic E-state index is 13.1. The number of nitrogens with zero attached hydrogens (tertiary/aromatic N) is 4. The monoisotopic (exact) mass is 494 g/mol. The van der Waals surface area contributed by atoms with E-state index in [9.17, 15) is 9.90 Å². The number of methoxy groups -OCH3 is 1. The van der Waals surface area contributed by atoms with Crippen LogP contribution in [0.15, 0.2) is 67.0 Å². The average Bonchev–Trinajstić information content (AvgIpc) is 3.69. The van der Waals surface area contributed by atoms with Crippen molar-refractivity contribution >= 4 is 22.8 Å². The van der Waals surface area contributed by atoms with Gasteiger partial charge in [0.05, 0.1) is 35.9 Å². The molecule has 3 aromatic heterocycles. The molecule has 1 fully saturated rings. The highest BCUT2D eigenvalue weighted by atomic mass is 16.5. The summed E-state index contributed by atoms with van der Waals surface area (Å²) in [6.45, 7) is 0. The molecule has 0 atom stereocenters. The zero-order valence-electron chi connectivity index (χ0n) is 20.3. The van der Waals surface area contributed by atoms with Crippen LogP contribution in [-0.2, 0) is 0 Å². The highest BCUT2D eigenvalue weighted by molar-refractivity contribution is 6.05. The number of carbonyl (C=O) groups excluding carboxylic acids is 1. The third-order valence-corrected chi connectivity index (χ3v) is 6.85. The minimum Gasteiger partial charge on any atom is -0.507 e. The molecule has 5 aromatic rings. The normalized spacial score (nSPS) is 13.8. The number of benzene rings is 2.